The van der Waals surface area contributed by atoms with Crippen molar-refractivity contribution < 1.29 is 13.9 Å². The SMILES string of the molecule is N#Cc1cc(F)cc(Oc2cccc(Oc3cc(C#N)cc(C#N)c3)c2)c1. The molecule has 3 rings (SSSR count). The average molecular weight is 355 g/mol. The third kappa shape index (κ3) is 4.39. The molecule has 0 spiro atoms. The molecule has 0 aliphatic rings. The Bertz CT molecular complexity index is 1110. The highest BCUT2D eigenvalue weighted by molar-refractivity contribution is 5.47. The van der Waals surface area contributed by atoms with Crippen LogP contribution in [-0.4, -0.2) is 0 Å². The predicted octanol–water partition coefficient (Wildman–Crippen LogP) is 5.03. The highest BCUT2D eigenvalue weighted by Gasteiger charge is 2.07. The fourth-order valence-corrected chi connectivity index (χ4v) is 2.35. The summed E-state index contributed by atoms with van der Waals surface area (Å²) in [5.74, 6) is 0.721. The van der Waals surface area contributed by atoms with E-state index in [4.69, 9.17) is 25.3 Å². The molecule has 0 saturated carbocycles. The molecule has 0 saturated heterocycles. The summed E-state index contributed by atoms with van der Waals surface area (Å²) < 4.78 is 24.8. The van der Waals surface area contributed by atoms with Gasteiger partial charge in [0.05, 0.1) is 34.9 Å². The van der Waals surface area contributed by atoms with Crippen molar-refractivity contribution in [3.8, 4) is 41.2 Å². The molecule has 0 fully saturated rings. The van der Waals surface area contributed by atoms with Crippen LogP contribution in [-0.2, 0) is 0 Å². The number of hydrogen-bond acceptors (Lipinski definition) is 5. The molecule has 3 aromatic carbocycles. The molecule has 0 N–H and O–H groups in total. The van der Waals surface area contributed by atoms with E-state index in [9.17, 15) is 4.39 Å². The molecule has 0 aliphatic heterocycles. The molecule has 6 heteroatoms. The second kappa shape index (κ2) is 7.70. The largest absolute Gasteiger partial charge is 0.457 e. The zero-order valence-electron chi connectivity index (χ0n) is 13.8. The number of ether oxygens (including phenoxy) is 2. The van der Waals surface area contributed by atoms with Gasteiger partial charge in [-0.05, 0) is 42.5 Å². The zero-order chi connectivity index (χ0) is 19.2. The van der Waals surface area contributed by atoms with Gasteiger partial charge in [0.15, 0.2) is 0 Å². The van der Waals surface area contributed by atoms with Crippen LogP contribution in [0, 0.1) is 39.8 Å². The number of nitriles is 3. The molecule has 0 atom stereocenters. The summed E-state index contributed by atoms with van der Waals surface area (Å²) in [7, 11) is 0. The van der Waals surface area contributed by atoms with Crippen LogP contribution in [0.4, 0.5) is 4.39 Å². The maximum Gasteiger partial charge on any atom is 0.131 e. The second-order valence-electron chi connectivity index (χ2n) is 5.44. The molecule has 0 aromatic heterocycles. The monoisotopic (exact) mass is 355 g/mol. The van der Waals surface area contributed by atoms with E-state index in [0.717, 1.165) is 6.07 Å². The third-order valence-electron chi connectivity index (χ3n) is 3.44. The van der Waals surface area contributed by atoms with Gasteiger partial charge in [0, 0.05) is 12.1 Å². The lowest BCUT2D eigenvalue weighted by Crippen LogP contribution is -1.90. The van der Waals surface area contributed by atoms with Gasteiger partial charge < -0.3 is 9.47 Å². The highest BCUT2D eigenvalue weighted by Crippen LogP contribution is 2.30. The maximum atomic E-state index is 13.5. The van der Waals surface area contributed by atoms with Crippen molar-refractivity contribution in [3.63, 3.8) is 0 Å². The van der Waals surface area contributed by atoms with Crippen LogP contribution in [0.1, 0.15) is 16.7 Å². The standard InChI is InChI=1S/C21H10FN3O2/c22-17-5-16(13-25)8-21(9-17)27-19-3-1-2-18(10-19)26-20-6-14(11-23)4-15(7-20)12-24/h1-10H. The van der Waals surface area contributed by atoms with Crippen molar-refractivity contribution in [1.29, 1.82) is 15.8 Å². The molecule has 0 bridgehead atoms. The zero-order valence-corrected chi connectivity index (χ0v) is 13.8. The molecular formula is C21H10FN3O2. The minimum atomic E-state index is -0.575. The van der Waals surface area contributed by atoms with Gasteiger partial charge in [0.1, 0.15) is 28.8 Å². The molecule has 0 amide bonds. The van der Waals surface area contributed by atoms with E-state index < -0.39 is 5.82 Å². The molecule has 0 unspecified atom stereocenters. The Labute approximate surface area is 154 Å². The number of benzene rings is 3. The normalized spacial score (nSPS) is 9.56. The van der Waals surface area contributed by atoms with Gasteiger partial charge in [-0.3, -0.25) is 0 Å². The first kappa shape index (κ1) is 17.5. The smallest absolute Gasteiger partial charge is 0.131 e. The first-order chi connectivity index (χ1) is 13.1. The third-order valence-corrected chi connectivity index (χ3v) is 3.44. The summed E-state index contributed by atoms with van der Waals surface area (Å²) >= 11 is 0. The van der Waals surface area contributed by atoms with E-state index in [1.165, 1.54) is 30.3 Å². The Balaban J connectivity index is 1.85. The molecule has 128 valence electrons. The summed E-state index contributed by atoms with van der Waals surface area (Å²) in [6.07, 6.45) is 0. The highest BCUT2D eigenvalue weighted by atomic mass is 19.1. The fraction of sp³-hybridized carbons (Fsp3) is 0. The first-order valence-corrected chi connectivity index (χ1v) is 7.71. The van der Waals surface area contributed by atoms with Crippen molar-refractivity contribution in [2.24, 2.45) is 0 Å². The summed E-state index contributed by atoms with van der Waals surface area (Å²) in [6, 6.07) is 20.6. The Hall–Kier alpha value is -4.34. The van der Waals surface area contributed by atoms with Gasteiger partial charge in [0.25, 0.3) is 0 Å². The van der Waals surface area contributed by atoms with Crippen LogP contribution in [0.3, 0.4) is 0 Å². The van der Waals surface area contributed by atoms with Crippen LogP contribution < -0.4 is 9.47 Å². The van der Waals surface area contributed by atoms with Gasteiger partial charge >= 0.3 is 0 Å². The van der Waals surface area contributed by atoms with Gasteiger partial charge in [-0.1, -0.05) is 6.07 Å². The minimum absolute atomic E-state index is 0.148. The molecule has 0 radical (unpaired) electrons. The van der Waals surface area contributed by atoms with E-state index in [2.05, 4.69) is 0 Å². The van der Waals surface area contributed by atoms with E-state index in [1.807, 2.05) is 18.2 Å². The van der Waals surface area contributed by atoms with Crippen LogP contribution >= 0.6 is 0 Å². The molecule has 0 aliphatic carbocycles. The Morgan fingerprint density at radius 1 is 0.593 bits per heavy atom. The summed E-state index contributed by atoms with van der Waals surface area (Å²) in [6.45, 7) is 0. The molecule has 3 aromatic rings. The maximum absolute atomic E-state index is 13.5. The lowest BCUT2D eigenvalue weighted by Gasteiger charge is -2.10. The fourth-order valence-electron chi connectivity index (χ4n) is 2.35. The van der Waals surface area contributed by atoms with Crippen molar-refractivity contribution in [2.75, 3.05) is 0 Å². The quantitative estimate of drug-likeness (QED) is 0.655. The van der Waals surface area contributed by atoms with Gasteiger partial charge in [-0.15, -0.1) is 0 Å². The van der Waals surface area contributed by atoms with E-state index in [1.54, 1.807) is 24.3 Å². The number of rotatable bonds is 4. The Morgan fingerprint density at radius 2 is 1.07 bits per heavy atom. The lowest BCUT2D eigenvalue weighted by molar-refractivity contribution is 0.457. The predicted molar refractivity (Wildman–Crippen MR) is 93.6 cm³/mol. The van der Waals surface area contributed by atoms with Gasteiger partial charge in [-0.2, -0.15) is 15.8 Å². The second-order valence-corrected chi connectivity index (χ2v) is 5.44. The Kier molecular flexibility index (Phi) is 4.98. The van der Waals surface area contributed by atoms with Crippen molar-refractivity contribution in [3.05, 3.63) is 83.2 Å². The van der Waals surface area contributed by atoms with Crippen molar-refractivity contribution in [2.45, 2.75) is 0 Å². The minimum Gasteiger partial charge on any atom is -0.457 e. The van der Waals surface area contributed by atoms with E-state index in [0.29, 0.717) is 28.4 Å². The van der Waals surface area contributed by atoms with E-state index >= 15 is 0 Å². The lowest BCUT2D eigenvalue weighted by atomic mass is 10.1. The summed E-state index contributed by atoms with van der Waals surface area (Å²) in [4.78, 5) is 0. The van der Waals surface area contributed by atoms with Crippen LogP contribution in [0.5, 0.6) is 23.0 Å². The molecule has 5 nitrogen and oxygen atoms in total. The average Bonchev–Trinajstić information content (AvgIpc) is 2.67. The molecular weight excluding hydrogens is 345 g/mol. The number of halogens is 1. The number of hydrogen-bond donors (Lipinski definition) is 0. The van der Waals surface area contributed by atoms with Crippen molar-refractivity contribution in [1.82, 2.24) is 0 Å². The van der Waals surface area contributed by atoms with Crippen LogP contribution in [0.15, 0.2) is 60.7 Å². The van der Waals surface area contributed by atoms with Gasteiger partial charge in [0.2, 0.25) is 0 Å². The van der Waals surface area contributed by atoms with E-state index in [-0.39, 0.29) is 11.3 Å². The molecule has 27 heavy (non-hydrogen) atoms. The van der Waals surface area contributed by atoms with Crippen LogP contribution in [0.2, 0.25) is 0 Å². The summed E-state index contributed by atoms with van der Waals surface area (Å²) in [5.41, 5.74) is 0.759. The number of nitrogens with zero attached hydrogens (tertiary/aromatic N) is 3. The Morgan fingerprint density at radius 3 is 1.59 bits per heavy atom. The first-order valence-electron chi connectivity index (χ1n) is 7.71. The van der Waals surface area contributed by atoms with Crippen LogP contribution in [0.25, 0.3) is 0 Å². The topological polar surface area (TPSA) is 89.8 Å². The van der Waals surface area contributed by atoms with Crippen molar-refractivity contribution >= 4 is 0 Å². The summed E-state index contributed by atoms with van der Waals surface area (Å²) in [5, 5.41) is 27.0. The van der Waals surface area contributed by atoms with Gasteiger partial charge in [-0.25, -0.2) is 4.39 Å². The molecule has 0 heterocycles.